The Morgan fingerprint density at radius 3 is 2.30 bits per heavy atom. The van der Waals surface area contributed by atoms with Gasteiger partial charge in [-0.05, 0) is 24.0 Å². The number of para-hydroxylation sites is 1. The zero-order chi connectivity index (χ0) is 14.9. The molecule has 0 amide bonds. The van der Waals surface area contributed by atoms with Gasteiger partial charge in [-0.15, -0.1) is 0 Å². The van der Waals surface area contributed by atoms with E-state index in [1.54, 1.807) is 7.11 Å². The Hall–Kier alpha value is -1.28. The lowest BCUT2D eigenvalue weighted by Gasteiger charge is -2.24. The van der Waals surface area contributed by atoms with Crippen LogP contribution < -0.4 is 4.74 Å². The summed E-state index contributed by atoms with van der Waals surface area (Å²) in [6.45, 7) is 8.73. The van der Waals surface area contributed by atoms with Crippen LogP contribution in [0.3, 0.4) is 0 Å². The monoisotopic (exact) mass is 332 g/mol. The van der Waals surface area contributed by atoms with Crippen molar-refractivity contribution in [2.24, 2.45) is 0 Å². The van der Waals surface area contributed by atoms with Crippen molar-refractivity contribution in [2.45, 2.75) is 33.1 Å². The molecule has 0 saturated heterocycles. The number of rotatable bonds is 2. The van der Waals surface area contributed by atoms with E-state index in [1.165, 1.54) is 16.7 Å². The molecule has 0 bridgehead atoms. The van der Waals surface area contributed by atoms with E-state index in [4.69, 9.17) is 4.74 Å². The fraction of sp³-hybridized carbons (Fsp3) is 0.333. The van der Waals surface area contributed by atoms with Gasteiger partial charge in [0.2, 0.25) is 0 Å². The first-order valence-corrected chi connectivity index (χ1v) is 7.58. The number of ether oxygens (including phenoxy) is 1. The molecule has 0 N–H and O–H groups in total. The van der Waals surface area contributed by atoms with Crippen LogP contribution in [0.15, 0.2) is 40.9 Å². The molecule has 0 radical (unpaired) electrons. The molecule has 0 spiro atoms. The minimum atomic E-state index is 0.0532. The van der Waals surface area contributed by atoms with E-state index in [1.807, 2.05) is 0 Å². The minimum Gasteiger partial charge on any atom is -0.496 e. The Morgan fingerprint density at radius 2 is 1.70 bits per heavy atom. The molecule has 20 heavy (non-hydrogen) atoms. The van der Waals surface area contributed by atoms with Gasteiger partial charge in [-0.3, -0.25) is 0 Å². The Kier molecular flexibility index (Phi) is 4.24. The summed E-state index contributed by atoms with van der Waals surface area (Å²) in [6.07, 6.45) is 0. The Balaban J connectivity index is 2.72. The summed E-state index contributed by atoms with van der Waals surface area (Å²) in [4.78, 5) is 0. The lowest BCUT2D eigenvalue weighted by atomic mass is 9.84. The average molecular weight is 333 g/mol. The summed E-state index contributed by atoms with van der Waals surface area (Å²) < 4.78 is 6.82. The molecule has 0 saturated carbocycles. The third kappa shape index (κ3) is 2.90. The van der Waals surface area contributed by atoms with Crippen molar-refractivity contribution >= 4 is 15.9 Å². The Bertz CT molecular complexity index is 624. The fourth-order valence-electron chi connectivity index (χ4n) is 2.41. The molecule has 0 fully saturated rings. The Labute approximate surface area is 130 Å². The van der Waals surface area contributed by atoms with E-state index >= 15 is 0 Å². The van der Waals surface area contributed by atoms with Crippen LogP contribution in [0, 0.1) is 6.92 Å². The van der Waals surface area contributed by atoms with Crippen LogP contribution >= 0.6 is 15.9 Å². The first-order valence-electron chi connectivity index (χ1n) is 6.78. The number of methoxy groups -OCH3 is 1. The molecule has 2 aromatic carbocycles. The number of benzene rings is 2. The zero-order valence-electron chi connectivity index (χ0n) is 12.8. The molecular weight excluding hydrogens is 312 g/mol. The quantitative estimate of drug-likeness (QED) is 0.682. The second kappa shape index (κ2) is 5.61. The van der Waals surface area contributed by atoms with Gasteiger partial charge >= 0.3 is 0 Å². The lowest BCUT2D eigenvalue weighted by molar-refractivity contribution is 0.399. The molecule has 0 unspecified atom stereocenters. The molecule has 0 heterocycles. The molecule has 0 aliphatic carbocycles. The van der Waals surface area contributed by atoms with Crippen molar-refractivity contribution in [3.8, 4) is 16.9 Å². The van der Waals surface area contributed by atoms with Gasteiger partial charge in [-0.25, -0.2) is 0 Å². The molecule has 2 heteroatoms. The molecule has 2 aromatic rings. The third-order valence-electron chi connectivity index (χ3n) is 3.44. The molecular formula is C18H21BrO. The van der Waals surface area contributed by atoms with Gasteiger partial charge < -0.3 is 4.74 Å². The van der Waals surface area contributed by atoms with Gasteiger partial charge in [-0.2, -0.15) is 0 Å². The molecule has 0 aliphatic rings. The summed E-state index contributed by atoms with van der Waals surface area (Å²) in [5.74, 6) is 0.964. The van der Waals surface area contributed by atoms with Crippen molar-refractivity contribution in [2.75, 3.05) is 7.11 Å². The largest absolute Gasteiger partial charge is 0.496 e. The summed E-state index contributed by atoms with van der Waals surface area (Å²) in [5.41, 5.74) is 4.83. The van der Waals surface area contributed by atoms with Crippen LogP contribution in [0.5, 0.6) is 5.75 Å². The average Bonchev–Trinajstić information content (AvgIpc) is 2.39. The lowest BCUT2D eigenvalue weighted by Crippen LogP contribution is -2.13. The maximum atomic E-state index is 5.73. The standard InChI is InChI=1S/C18H21BrO/c1-12-9-10-16(19)14(11-12)13-7-6-8-15(17(13)20-5)18(2,3)4/h6-11H,1-5H3. The molecule has 0 atom stereocenters. The smallest absolute Gasteiger partial charge is 0.130 e. The van der Waals surface area contributed by atoms with Crippen molar-refractivity contribution in [1.82, 2.24) is 0 Å². The third-order valence-corrected chi connectivity index (χ3v) is 4.13. The Morgan fingerprint density at radius 1 is 1.00 bits per heavy atom. The summed E-state index contributed by atoms with van der Waals surface area (Å²) in [6, 6.07) is 12.8. The summed E-state index contributed by atoms with van der Waals surface area (Å²) >= 11 is 3.65. The predicted molar refractivity (Wildman–Crippen MR) is 89.6 cm³/mol. The first kappa shape index (κ1) is 15.1. The van der Waals surface area contributed by atoms with Crippen LogP contribution in [0.1, 0.15) is 31.9 Å². The summed E-state index contributed by atoms with van der Waals surface area (Å²) in [5, 5.41) is 0. The topological polar surface area (TPSA) is 9.23 Å². The van der Waals surface area contributed by atoms with Crippen LogP contribution in [0.2, 0.25) is 0 Å². The maximum Gasteiger partial charge on any atom is 0.130 e. The van der Waals surface area contributed by atoms with Crippen LogP contribution in [0.4, 0.5) is 0 Å². The second-order valence-electron chi connectivity index (χ2n) is 6.12. The van der Waals surface area contributed by atoms with E-state index in [-0.39, 0.29) is 5.41 Å². The van der Waals surface area contributed by atoms with E-state index < -0.39 is 0 Å². The number of halogens is 1. The SMILES string of the molecule is COc1c(-c2cc(C)ccc2Br)cccc1C(C)(C)C. The molecule has 2 rings (SSSR count). The molecule has 0 aromatic heterocycles. The minimum absolute atomic E-state index is 0.0532. The zero-order valence-corrected chi connectivity index (χ0v) is 14.3. The van der Waals surface area contributed by atoms with Gasteiger partial charge in [0.15, 0.2) is 0 Å². The van der Waals surface area contributed by atoms with E-state index in [2.05, 4.69) is 80.0 Å². The normalized spacial score (nSPS) is 11.5. The van der Waals surface area contributed by atoms with Gasteiger partial charge in [0.05, 0.1) is 7.11 Å². The van der Waals surface area contributed by atoms with Crippen molar-refractivity contribution < 1.29 is 4.74 Å². The summed E-state index contributed by atoms with van der Waals surface area (Å²) in [7, 11) is 1.75. The maximum absolute atomic E-state index is 5.73. The molecule has 0 aliphatic heterocycles. The van der Waals surface area contributed by atoms with Gasteiger partial charge in [0.25, 0.3) is 0 Å². The predicted octanol–water partition coefficient (Wildman–Crippen LogP) is 5.73. The van der Waals surface area contributed by atoms with Crippen molar-refractivity contribution in [3.63, 3.8) is 0 Å². The van der Waals surface area contributed by atoms with Crippen molar-refractivity contribution in [3.05, 3.63) is 52.0 Å². The number of hydrogen-bond acceptors (Lipinski definition) is 1. The van der Waals surface area contributed by atoms with E-state index in [0.29, 0.717) is 0 Å². The highest BCUT2D eigenvalue weighted by atomic mass is 79.9. The number of aryl methyl sites for hydroxylation is 1. The van der Waals surface area contributed by atoms with Crippen LogP contribution in [-0.2, 0) is 5.41 Å². The highest BCUT2D eigenvalue weighted by molar-refractivity contribution is 9.10. The van der Waals surface area contributed by atoms with Gasteiger partial charge in [0.1, 0.15) is 5.75 Å². The van der Waals surface area contributed by atoms with E-state index in [0.717, 1.165) is 15.8 Å². The van der Waals surface area contributed by atoms with Crippen LogP contribution in [-0.4, -0.2) is 7.11 Å². The molecule has 1 nitrogen and oxygen atoms in total. The van der Waals surface area contributed by atoms with Gasteiger partial charge in [-0.1, -0.05) is 72.6 Å². The van der Waals surface area contributed by atoms with E-state index in [9.17, 15) is 0 Å². The highest BCUT2D eigenvalue weighted by Crippen LogP contribution is 2.41. The highest BCUT2D eigenvalue weighted by Gasteiger charge is 2.22. The number of hydrogen-bond donors (Lipinski definition) is 0. The fourth-order valence-corrected chi connectivity index (χ4v) is 2.87. The van der Waals surface area contributed by atoms with Crippen LogP contribution in [0.25, 0.3) is 11.1 Å². The molecule has 106 valence electrons. The van der Waals surface area contributed by atoms with Crippen molar-refractivity contribution in [1.29, 1.82) is 0 Å². The van der Waals surface area contributed by atoms with Gasteiger partial charge in [0, 0.05) is 15.6 Å². The second-order valence-corrected chi connectivity index (χ2v) is 6.97. The first-order chi connectivity index (χ1) is 9.34.